The first-order chi connectivity index (χ1) is 18.8. The van der Waals surface area contributed by atoms with E-state index >= 15 is 0 Å². The molecular formula is C29H43F2N5O3S. The van der Waals surface area contributed by atoms with Crippen LogP contribution in [0.3, 0.4) is 0 Å². The van der Waals surface area contributed by atoms with Crippen molar-refractivity contribution >= 4 is 27.6 Å². The highest BCUT2D eigenvalue weighted by Crippen LogP contribution is 2.38. The highest BCUT2D eigenvalue weighted by Gasteiger charge is 2.34. The van der Waals surface area contributed by atoms with Gasteiger partial charge >= 0.3 is 0 Å². The van der Waals surface area contributed by atoms with E-state index in [0.29, 0.717) is 36.1 Å². The molecule has 1 saturated carbocycles. The van der Waals surface area contributed by atoms with Crippen LogP contribution in [0.1, 0.15) is 68.8 Å². The van der Waals surface area contributed by atoms with Gasteiger partial charge in [-0.15, -0.1) is 0 Å². The van der Waals surface area contributed by atoms with Crippen LogP contribution >= 0.6 is 0 Å². The molecule has 1 fully saturated rings. The molecule has 1 amide bonds. The molecule has 0 aliphatic heterocycles. The number of amides is 1. The third kappa shape index (κ3) is 8.86. The molecule has 0 saturated heterocycles. The zero-order chi connectivity index (χ0) is 29.6. The summed E-state index contributed by atoms with van der Waals surface area (Å²) in [5.41, 5.74) is 7.09. The maximum Gasteiger partial charge on any atom is 0.251 e. The monoisotopic (exact) mass is 579 g/mol. The number of nitrogens with two attached hydrogens (primary N) is 1. The number of nitrogens with zero attached hydrogens (tertiary/aromatic N) is 3. The number of rotatable bonds is 15. The molecule has 40 heavy (non-hydrogen) atoms. The van der Waals surface area contributed by atoms with Crippen molar-refractivity contribution in [1.29, 1.82) is 0 Å². The molecule has 0 spiro atoms. The summed E-state index contributed by atoms with van der Waals surface area (Å²) in [6.45, 7) is 7.04. The summed E-state index contributed by atoms with van der Waals surface area (Å²) in [4.78, 5) is 20.3. The van der Waals surface area contributed by atoms with E-state index in [0.717, 1.165) is 38.1 Å². The second-order valence-electron chi connectivity index (χ2n) is 11.1. The van der Waals surface area contributed by atoms with Crippen LogP contribution in [-0.2, 0) is 16.4 Å². The molecule has 4 atom stereocenters. The first-order valence-electron chi connectivity index (χ1n) is 14.0. The zero-order valence-corrected chi connectivity index (χ0v) is 25.0. The van der Waals surface area contributed by atoms with Crippen LogP contribution in [0, 0.1) is 23.5 Å². The number of halogens is 2. The van der Waals surface area contributed by atoms with Gasteiger partial charge in [-0.05, 0) is 67.3 Å². The number of carbonyl (C=O) groups excluding carboxylic acids is 1. The topological polar surface area (TPSA) is 109 Å². The Labute approximate surface area is 237 Å². The summed E-state index contributed by atoms with van der Waals surface area (Å²) in [6.07, 6.45) is 5.29. The van der Waals surface area contributed by atoms with Gasteiger partial charge in [-0.25, -0.2) is 22.2 Å². The molecule has 1 heterocycles. The average Bonchev–Trinajstić information content (AvgIpc) is 3.57. The van der Waals surface area contributed by atoms with Crippen LogP contribution in [-0.4, -0.2) is 57.8 Å². The van der Waals surface area contributed by atoms with E-state index in [9.17, 15) is 22.0 Å². The minimum absolute atomic E-state index is 0.140. The average molecular weight is 580 g/mol. The smallest absolute Gasteiger partial charge is 0.251 e. The van der Waals surface area contributed by atoms with Crippen molar-refractivity contribution in [3.63, 3.8) is 0 Å². The third-order valence-corrected chi connectivity index (χ3v) is 8.59. The number of nitrogens with one attached hydrogen (secondary N) is 1. The lowest BCUT2D eigenvalue weighted by Crippen LogP contribution is -2.49. The lowest BCUT2D eigenvalue weighted by molar-refractivity contribution is 0.0929. The summed E-state index contributed by atoms with van der Waals surface area (Å²) >= 11 is 0. The van der Waals surface area contributed by atoms with Gasteiger partial charge in [-0.1, -0.05) is 33.6 Å². The first-order valence-corrected chi connectivity index (χ1v) is 15.9. The van der Waals surface area contributed by atoms with Crippen LogP contribution < -0.4 is 20.3 Å². The van der Waals surface area contributed by atoms with E-state index in [-0.39, 0.29) is 24.3 Å². The Kier molecular flexibility index (Phi) is 10.9. The van der Waals surface area contributed by atoms with E-state index in [2.05, 4.69) is 17.2 Å². The van der Waals surface area contributed by atoms with E-state index in [1.165, 1.54) is 22.5 Å². The Morgan fingerprint density at radius 1 is 1.12 bits per heavy atom. The van der Waals surface area contributed by atoms with Gasteiger partial charge in [0.2, 0.25) is 10.0 Å². The van der Waals surface area contributed by atoms with Gasteiger partial charge in [0.05, 0.1) is 6.26 Å². The quantitative estimate of drug-likeness (QED) is 0.322. The Morgan fingerprint density at radius 2 is 1.75 bits per heavy atom. The molecule has 11 heteroatoms. The number of hydrogen-bond acceptors (Lipinski definition) is 6. The fourth-order valence-electron chi connectivity index (χ4n) is 4.89. The molecule has 1 aliphatic carbocycles. The number of pyridine rings is 1. The molecule has 1 aromatic carbocycles. The Morgan fingerprint density at radius 3 is 2.30 bits per heavy atom. The van der Waals surface area contributed by atoms with Gasteiger partial charge in [-0.2, -0.15) is 0 Å². The van der Waals surface area contributed by atoms with Crippen LogP contribution in [0.5, 0.6) is 0 Å². The standard InChI is InChI=1S/C29H43F2N5O3S/c1-6-8-9-25(32)26(14-20-12-23(30)17-24(31)13-20)33-29(37)21-15-27(35(4)18-22-11-19(22)3)34-28(16-21)36(10-7-2)40(5,38)39/h12-13,15-17,19,22,25-26H,6-11,14,18,32H2,1-5H3,(H,33,37)/t19?,22?,25-,26-/m0/s1. The number of anilines is 2. The van der Waals surface area contributed by atoms with E-state index in [1.54, 1.807) is 6.07 Å². The molecule has 3 N–H and O–H groups in total. The highest BCUT2D eigenvalue weighted by atomic mass is 32.2. The Balaban J connectivity index is 1.97. The zero-order valence-electron chi connectivity index (χ0n) is 24.2. The van der Waals surface area contributed by atoms with Crippen molar-refractivity contribution in [3.05, 3.63) is 53.1 Å². The fraction of sp³-hybridized carbons (Fsp3) is 0.586. The second kappa shape index (κ2) is 13.7. The summed E-state index contributed by atoms with van der Waals surface area (Å²) in [7, 11) is -1.77. The van der Waals surface area contributed by atoms with Crippen molar-refractivity contribution < 1.29 is 22.0 Å². The molecule has 2 aromatic rings. The highest BCUT2D eigenvalue weighted by molar-refractivity contribution is 7.92. The molecule has 222 valence electrons. The SMILES string of the molecule is CCCC[C@H](N)[C@H](Cc1cc(F)cc(F)c1)NC(=O)c1cc(N(C)CC2CC2C)nc(N(CCC)S(C)(=O)=O)c1. The number of sulfonamides is 1. The molecule has 8 nitrogen and oxygen atoms in total. The predicted octanol–water partition coefficient (Wildman–Crippen LogP) is 4.49. The van der Waals surface area contributed by atoms with Gasteiger partial charge < -0.3 is 16.0 Å². The van der Waals surface area contributed by atoms with Crippen LogP contribution in [0.15, 0.2) is 30.3 Å². The first kappa shape index (κ1) is 31.7. The molecule has 3 rings (SSSR count). The summed E-state index contributed by atoms with van der Waals surface area (Å²) in [6, 6.07) is 5.33. The van der Waals surface area contributed by atoms with Crippen molar-refractivity contribution in [2.24, 2.45) is 17.6 Å². The predicted molar refractivity (Wildman–Crippen MR) is 156 cm³/mol. The van der Waals surface area contributed by atoms with Crippen molar-refractivity contribution in [2.45, 2.75) is 71.4 Å². The summed E-state index contributed by atoms with van der Waals surface area (Å²) < 4.78 is 54.3. The maximum absolute atomic E-state index is 13.9. The normalized spacial score (nSPS) is 18.2. The molecule has 1 aromatic heterocycles. The number of aromatic nitrogens is 1. The molecule has 1 aliphatic rings. The second-order valence-corrected chi connectivity index (χ2v) is 13.0. The van der Waals surface area contributed by atoms with Crippen LogP contribution in [0.2, 0.25) is 0 Å². The molecule has 2 unspecified atom stereocenters. The van der Waals surface area contributed by atoms with Gasteiger partial charge in [0.1, 0.15) is 23.3 Å². The summed E-state index contributed by atoms with van der Waals surface area (Å²) in [5, 5.41) is 2.97. The lowest BCUT2D eigenvalue weighted by atomic mass is 9.95. The van der Waals surface area contributed by atoms with Crippen molar-refractivity contribution in [1.82, 2.24) is 10.3 Å². The molecule has 0 bridgehead atoms. The number of hydrogen-bond donors (Lipinski definition) is 2. The third-order valence-electron chi connectivity index (χ3n) is 7.42. The molecular weight excluding hydrogens is 536 g/mol. The van der Waals surface area contributed by atoms with Crippen molar-refractivity contribution in [3.8, 4) is 0 Å². The van der Waals surface area contributed by atoms with Gasteiger partial charge in [0.25, 0.3) is 5.91 Å². The van der Waals surface area contributed by atoms with Crippen LogP contribution in [0.4, 0.5) is 20.4 Å². The maximum atomic E-state index is 13.9. The summed E-state index contributed by atoms with van der Waals surface area (Å²) in [5.74, 6) is -0.0731. The number of benzene rings is 1. The molecule has 0 radical (unpaired) electrons. The number of unbranched alkanes of at least 4 members (excludes halogenated alkanes) is 1. The van der Waals surface area contributed by atoms with E-state index in [1.807, 2.05) is 25.8 Å². The lowest BCUT2D eigenvalue weighted by Gasteiger charge is -2.27. The largest absolute Gasteiger partial charge is 0.359 e. The minimum atomic E-state index is -3.65. The number of carbonyl (C=O) groups is 1. The fourth-order valence-corrected chi connectivity index (χ4v) is 5.84. The Hall–Kier alpha value is -2.79. The van der Waals surface area contributed by atoms with E-state index < -0.39 is 39.6 Å². The van der Waals surface area contributed by atoms with E-state index in [4.69, 9.17) is 5.73 Å². The van der Waals surface area contributed by atoms with Crippen LogP contribution in [0.25, 0.3) is 0 Å². The van der Waals surface area contributed by atoms with Crippen molar-refractivity contribution in [2.75, 3.05) is 35.6 Å². The van der Waals surface area contributed by atoms with Gasteiger partial charge in [0, 0.05) is 43.9 Å². The van der Waals surface area contributed by atoms with Gasteiger partial charge in [0.15, 0.2) is 0 Å². The van der Waals surface area contributed by atoms with Gasteiger partial charge in [-0.3, -0.25) is 9.10 Å². The minimum Gasteiger partial charge on any atom is -0.359 e. The Bertz CT molecular complexity index is 1260.